The second-order valence-electron chi connectivity index (χ2n) is 3.61. The normalized spacial score (nSPS) is 11.4. The highest BCUT2D eigenvalue weighted by Crippen LogP contribution is 2.30. The second-order valence-corrected chi connectivity index (χ2v) is 5.64. The molecule has 1 aromatic carbocycles. The van der Waals surface area contributed by atoms with Crippen molar-refractivity contribution >= 4 is 34.1 Å². The van der Waals surface area contributed by atoms with Crippen LogP contribution in [0.4, 0.5) is 18.3 Å². The van der Waals surface area contributed by atoms with E-state index in [2.05, 4.69) is 15.5 Å². The maximum atomic E-state index is 12.6. The van der Waals surface area contributed by atoms with Crippen molar-refractivity contribution < 1.29 is 18.0 Å². The van der Waals surface area contributed by atoms with Crippen LogP contribution in [-0.4, -0.2) is 22.4 Å². The van der Waals surface area contributed by atoms with Gasteiger partial charge in [-0.25, -0.2) is 0 Å². The molecule has 0 radical (unpaired) electrons. The van der Waals surface area contributed by atoms with E-state index in [0.717, 1.165) is 23.5 Å². The first-order chi connectivity index (χ1) is 9.40. The Hall–Kier alpha value is -1.61. The van der Waals surface area contributed by atoms with E-state index in [-0.39, 0.29) is 10.7 Å². The van der Waals surface area contributed by atoms with Gasteiger partial charge in [-0.15, -0.1) is 10.2 Å². The summed E-state index contributed by atoms with van der Waals surface area (Å²) >= 11 is 2.52. The van der Waals surface area contributed by atoms with Gasteiger partial charge in [0.1, 0.15) is 0 Å². The molecule has 0 saturated heterocycles. The predicted molar refractivity (Wildman–Crippen MR) is 71.1 cm³/mol. The zero-order chi connectivity index (χ0) is 14.8. The molecule has 20 heavy (non-hydrogen) atoms. The lowest BCUT2D eigenvalue weighted by Gasteiger charge is -2.08. The minimum Gasteiger partial charge on any atom is -0.296 e. The molecule has 1 heterocycles. The van der Waals surface area contributed by atoms with Crippen LogP contribution in [0.1, 0.15) is 15.9 Å². The van der Waals surface area contributed by atoms with Gasteiger partial charge in [0.2, 0.25) is 5.13 Å². The molecule has 106 valence electrons. The van der Waals surface area contributed by atoms with Gasteiger partial charge in [-0.05, 0) is 24.5 Å². The van der Waals surface area contributed by atoms with Crippen LogP contribution in [-0.2, 0) is 6.18 Å². The summed E-state index contributed by atoms with van der Waals surface area (Å²) in [4.78, 5) is 11.8. The van der Waals surface area contributed by atoms with Crippen molar-refractivity contribution in [2.24, 2.45) is 0 Å². The van der Waals surface area contributed by atoms with E-state index in [1.807, 2.05) is 0 Å². The highest BCUT2D eigenvalue weighted by Gasteiger charge is 2.30. The fourth-order valence-electron chi connectivity index (χ4n) is 1.35. The Balaban J connectivity index is 2.17. The van der Waals surface area contributed by atoms with E-state index in [0.29, 0.717) is 4.34 Å². The SMILES string of the molecule is CSc1nnc(NC(=O)c2cccc(C(F)(F)F)c2)s1. The molecule has 1 aromatic heterocycles. The lowest BCUT2D eigenvalue weighted by molar-refractivity contribution is -0.137. The first kappa shape index (κ1) is 14.8. The standard InChI is InChI=1S/C11H8F3N3OS2/c1-19-10-17-16-9(20-10)15-8(18)6-3-2-4-7(5-6)11(12,13)14/h2-5H,1H3,(H,15,16,18). The third kappa shape index (κ3) is 3.48. The molecule has 4 nitrogen and oxygen atoms in total. The average molecular weight is 319 g/mol. The number of amides is 1. The number of hydrogen-bond acceptors (Lipinski definition) is 5. The maximum Gasteiger partial charge on any atom is 0.416 e. The minimum atomic E-state index is -4.48. The number of rotatable bonds is 3. The molecule has 1 amide bonds. The number of benzene rings is 1. The molecule has 9 heteroatoms. The molecular formula is C11H8F3N3OS2. The van der Waals surface area contributed by atoms with Crippen LogP contribution in [0.2, 0.25) is 0 Å². The van der Waals surface area contributed by atoms with E-state index in [9.17, 15) is 18.0 Å². The molecule has 0 unspecified atom stereocenters. The van der Waals surface area contributed by atoms with Crippen molar-refractivity contribution in [2.45, 2.75) is 10.5 Å². The number of hydrogen-bond donors (Lipinski definition) is 1. The first-order valence-corrected chi connectivity index (χ1v) is 7.30. The molecule has 0 saturated carbocycles. The number of aromatic nitrogens is 2. The number of halogens is 3. The zero-order valence-corrected chi connectivity index (χ0v) is 11.7. The summed E-state index contributed by atoms with van der Waals surface area (Å²) < 4.78 is 38.3. The summed E-state index contributed by atoms with van der Waals surface area (Å²) in [7, 11) is 0. The highest BCUT2D eigenvalue weighted by molar-refractivity contribution is 8.00. The van der Waals surface area contributed by atoms with Crippen LogP contribution < -0.4 is 5.32 Å². The molecule has 2 rings (SSSR count). The summed E-state index contributed by atoms with van der Waals surface area (Å²) in [5.41, 5.74) is -0.951. The van der Waals surface area contributed by atoms with Crippen molar-refractivity contribution in [1.29, 1.82) is 0 Å². The second kappa shape index (κ2) is 5.80. The number of nitrogens with zero attached hydrogens (tertiary/aromatic N) is 2. The van der Waals surface area contributed by atoms with Gasteiger partial charge in [0, 0.05) is 5.56 Å². The summed E-state index contributed by atoms with van der Waals surface area (Å²) in [5, 5.41) is 10.2. The Morgan fingerprint density at radius 1 is 1.35 bits per heavy atom. The number of alkyl halides is 3. The van der Waals surface area contributed by atoms with Gasteiger partial charge in [-0.3, -0.25) is 10.1 Å². The van der Waals surface area contributed by atoms with Crippen LogP contribution in [0.25, 0.3) is 0 Å². The van der Waals surface area contributed by atoms with Crippen molar-refractivity contribution in [1.82, 2.24) is 10.2 Å². The third-order valence-electron chi connectivity index (χ3n) is 2.25. The molecule has 0 fully saturated rings. The predicted octanol–water partition coefficient (Wildman–Crippen LogP) is 3.53. The Morgan fingerprint density at radius 3 is 2.70 bits per heavy atom. The van der Waals surface area contributed by atoms with Gasteiger partial charge >= 0.3 is 6.18 Å². The van der Waals surface area contributed by atoms with E-state index >= 15 is 0 Å². The monoisotopic (exact) mass is 319 g/mol. The van der Waals surface area contributed by atoms with Crippen molar-refractivity contribution in [3.8, 4) is 0 Å². The van der Waals surface area contributed by atoms with E-state index in [1.54, 1.807) is 6.26 Å². The molecule has 1 N–H and O–H groups in total. The number of carbonyl (C=O) groups excluding carboxylic acids is 1. The molecule has 0 bridgehead atoms. The van der Waals surface area contributed by atoms with Gasteiger partial charge in [0.15, 0.2) is 4.34 Å². The molecule has 0 aliphatic heterocycles. The number of nitrogens with one attached hydrogen (secondary N) is 1. The zero-order valence-electron chi connectivity index (χ0n) is 10.1. The largest absolute Gasteiger partial charge is 0.416 e. The summed E-state index contributed by atoms with van der Waals surface area (Å²) in [6, 6.07) is 4.20. The van der Waals surface area contributed by atoms with E-state index < -0.39 is 17.6 Å². The molecule has 0 spiro atoms. The quantitative estimate of drug-likeness (QED) is 0.694. The lowest BCUT2D eigenvalue weighted by Crippen LogP contribution is -2.13. The smallest absolute Gasteiger partial charge is 0.296 e. The van der Waals surface area contributed by atoms with Crippen LogP contribution in [0.15, 0.2) is 28.6 Å². The van der Waals surface area contributed by atoms with Crippen molar-refractivity contribution in [3.63, 3.8) is 0 Å². The molecule has 0 aliphatic rings. The minimum absolute atomic E-state index is 0.0827. The Kier molecular flexibility index (Phi) is 4.29. The van der Waals surface area contributed by atoms with E-state index in [4.69, 9.17) is 0 Å². The van der Waals surface area contributed by atoms with Crippen LogP contribution in [0.3, 0.4) is 0 Å². The van der Waals surface area contributed by atoms with Gasteiger partial charge in [-0.2, -0.15) is 13.2 Å². The van der Waals surface area contributed by atoms with Crippen molar-refractivity contribution in [2.75, 3.05) is 11.6 Å². The molecule has 0 aliphatic carbocycles. The Morgan fingerprint density at radius 2 is 2.10 bits per heavy atom. The van der Waals surface area contributed by atoms with Crippen molar-refractivity contribution in [3.05, 3.63) is 35.4 Å². The topological polar surface area (TPSA) is 54.9 Å². The van der Waals surface area contributed by atoms with Crippen LogP contribution >= 0.6 is 23.1 Å². The summed E-state index contributed by atoms with van der Waals surface area (Å²) in [6.45, 7) is 0. The summed E-state index contributed by atoms with van der Waals surface area (Å²) in [6.07, 6.45) is -2.68. The fourth-order valence-corrected chi connectivity index (χ4v) is 2.51. The molecule has 2 aromatic rings. The third-order valence-corrected chi connectivity index (χ3v) is 4.07. The van der Waals surface area contributed by atoms with Gasteiger partial charge in [0.05, 0.1) is 5.56 Å². The van der Waals surface area contributed by atoms with Crippen LogP contribution in [0, 0.1) is 0 Å². The van der Waals surface area contributed by atoms with E-state index in [1.165, 1.54) is 23.9 Å². The fraction of sp³-hybridized carbons (Fsp3) is 0.182. The lowest BCUT2D eigenvalue weighted by atomic mass is 10.1. The Labute approximate surface area is 120 Å². The number of carbonyl (C=O) groups is 1. The Bertz CT molecular complexity index is 627. The van der Waals surface area contributed by atoms with Gasteiger partial charge < -0.3 is 0 Å². The first-order valence-electron chi connectivity index (χ1n) is 5.26. The van der Waals surface area contributed by atoms with Gasteiger partial charge in [-0.1, -0.05) is 29.2 Å². The maximum absolute atomic E-state index is 12.6. The van der Waals surface area contributed by atoms with Gasteiger partial charge in [0.25, 0.3) is 5.91 Å². The molecule has 0 atom stereocenters. The molecular weight excluding hydrogens is 311 g/mol. The average Bonchev–Trinajstić information content (AvgIpc) is 2.85. The van der Waals surface area contributed by atoms with Crippen LogP contribution in [0.5, 0.6) is 0 Å². The highest BCUT2D eigenvalue weighted by atomic mass is 32.2. The number of anilines is 1. The summed E-state index contributed by atoms with van der Waals surface area (Å²) in [5.74, 6) is -0.653. The number of thioether (sulfide) groups is 1.